The van der Waals surface area contributed by atoms with E-state index in [0.717, 1.165) is 11.1 Å². The van der Waals surface area contributed by atoms with E-state index < -0.39 is 30.1 Å². The van der Waals surface area contributed by atoms with Crippen LogP contribution in [-0.2, 0) is 25.7 Å². The molecule has 2 aromatic carbocycles. The second-order valence-corrected chi connectivity index (χ2v) is 6.85. The minimum absolute atomic E-state index is 0.0994. The number of rotatable bonds is 10. The zero-order valence-electron chi connectivity index (χ0n) is 17.7. The van der Waals surface area contributed by atoms with Gasteiger partial charge in [-0.2, -0.15) is 0 Å². The number of amides is 2. The fraction of sp³-hybridized carbons (Fsp3) is 0.292. The van der Waals surface area contributed by atoms with Crippen LogP contribution in [0.2, 0.25) is 0 Å². The molecular weight excluding hydrogens is 396 g/mol. The Kier molecular flexibility index (Phi) is 9.81. The lowest BCUT2D eigenvalue weighted by Crippen LogP contribution is -2.46. The van der Waals surface area contributed by atoms with E-state index in [-0.39, 0.29) is 13.2 Å². The number of ether oxygens (including phenoxy) is 2. The summed E-state index contributed by atoms with van der Waals surface area (Å²) in [5.41, 5.74) is 1.84. The van der Waals surface area contributed by atoms with Gasteiger partial charge >= 0.3 is 12.1 Å². The fourth-order valence-corrected chi connectivity index (χ4v) is 2.57. The first-order valence-corrected chi connectivity index (χ1v) is 10.2. The Balaban J connectivity index is 1.70. The molecule has 2 amide bonds. The van der Waals surface area contributed by atoms with Crippen LogP contribution in [0.5, 0.6) is 0 Å². The fourth-order valence-electron chi connectivity index (χ4n) is 2.57. The number of esters is 1. The van der Waals surface area contributed by atoms with Gasteiger partial charge in [-0.3, -0.25) is 9.59 Å². The Labute approximate surface area is 182 Å². The Morgan fingerprint density at radius 2 is 1.65 bits per heavy atom. The van der Waals surface area contributed by atoms with Gasteiger partial charge in [-0.25, -0.2) is 4.79 Å². The standard InChI is InChI=1S/C24H28N2O5/c1-3-21(15-14-19-10-6-4-7-11-19)31-22(27)16-25-23(28)18(2)26-24(29)30-17-20-12-8-5-9-13-20/h4-15,18,21H,3,16-17H2,1-2H3,(H,25,28)(H,26,29)/b15-14+/t18-,21-/m0/s1. The van der Waals surface area contributed by atoms with Gasteiger partial charge in [0.2, 0.25) is 5.91 Å². The van der Waals surface area contributed by atoms with Crippen molar-refractivity contribution < 1.29 is 23.9 Å². The zero-order valence-corrected chi connectivity index (χ0v) is 17.7. The van der Waals surface area contributed by atoms with Crippen molar-refractivity contribution in [2.24, 2.45) is 0 Å². The van der Waals surface area contributed by atoms with Crippen LogP contribution in [0, 0.1) is 0 Å². The maximum atomic E-state index is 12.1. The van der Waals surface area contributed by atoms with Crippen LogP contribution >= 0.6 is 0 Å². The Hall–Kier alpha value is -3.61. The Bertz CT molecular complexity index is 868. The topological polar surface area (TPSA) is 93.7 Å². The number of hydrogen-bond acceptors (Lipinski definition) is 5. The third-order valence-corrected chi connectivity index (χ3v) is 4.34. The molecule has 0 aliphatic rings. The molecule has 0 aliphatic heterocycles. The first-order chi connectivity index (χ1) is 15.0. The van der Waals surface area contributed by atoms with Crippen molar-refractivity contribution in [3.05, 3.63) is 77.9 Å². The number of carbonyl (C=O) groups is 3. The Morgan fingerprint density at radius 1 is 1.00 bits per heavy atom. The lowest BCUT2D eigenvalue weighted by Gasteiger charge is -2.15. The molecule has 7 nitrogen and oxygen atoms in total. The smallest absolute Gasteiger partial charge is 0.408 e. The highest BCUT2D eigenvalue weighted by molar-refractivity contribution is 5.87. The molecule has 2 atom stereocenters. The highest BCUT2D eigenvalue weighted by Crippen LogP contribution is 2.07. The molecule has 0 aromatic heterocycles. The summed E-state index contributed by atoms with van der Waals surface area (Å²) in [4.78, 5) is 36.0. The molecule has 0 saturated heterocycles. The molecule has 7 heteroatoms. The average molecular weight is 424 g/mol. The van der Waals surface area contributed by atoms with Gasteiger partial charge in [0.05, 0.1) is 0 Å². The molecule has 0 aliphatic carbocycles. The maximum absolute atomic E-state index is 12.1. The largest absolute Gasteiger partial charge is 0.457 e. The second-order valence-electron chi connectivity index (χ2n) is 6.85. The van der Waals surface area contributed by atoms with Crippen molar-refractivity contribution >= 4 is 24.0 Å². The summed E-state index contributed by atoms with van der Waals surface area (Å²) >= 11 is 0. The first kappa shape index (κ1) is 23.7. The average Bonchev–Trinajstić information content (AvgIpc) is 2.80. The molecule has 164 valence electrons. The van der Waals surface area contributed by atoms with Gasteiger partial charge in [-0.05, 0) is 30.5 Å². The minimum Gasteiger partial charge on any atom is -0.457 e. The zero-order chi connectivity index (χ0) is 22.5. The lowest BCUT2D eigenvalue weighted by molar-refractivity contribution is -0.147. The number of nitrogens with one attached hydrogen (secondary N) is 2. The molecule has 2 rings (SSSR count). The van der Waals surface area contributed by atoms with Crippen LogP contribution in [-0.4, -0.2) is 36.7 Å². The van der Waals surface area contributed by atoms with Crippen molar-refractivity contribution in [3.8, 4) is 0 Å². The monoisotopic (exact) mass is 424 g/mol. The number of alkyl carbamates (subject to hydrolysis) is 1. The maximum Gasteiger partial charge on any atom is 0.408 e. The predicted molar refractivity (Wildman–Crippen MR) is 118 cm³/mol. The van der Waals surface area contributed by atoms with Gasteiger partial charge in [0, 0.05) is 0 Å². The van der Waals surface area contributed by atoms with Crippen LogP contribution < -0.4 is 10.6 Å². The van der Waals surface area contributed by atoms with Crippen LogP contribution in [0.4, 0.5) is 4.79 Å². The molecule has 0 spiro atoms. The molecule has 2 N–H and O–H groups in total. The van der Waals surface area contributed by atoms with Gasteiger partial charge in [0.15, 0.2) is 0 Å². The molecule has 0 heterocycles. The van der Waals surface area contributed by atoms with Crippen LogP contribution in [0.1, 0.15) is 31.4 Å². The van der Waals surface area contributed by atoms with Crippen LogP contribution in [0.3, 0.4) is 0 Å². The summed E-state index contributed by atoms with van der Waals surface area (Å²) in [6, 6.07) is 18.0. The molecule has 0 saturated carbocycles. The van der Waals surface area contributed by atoms with E-state index in [9.17, 15) is 14.4 Å². The van der Waals surface area contributed by atoms with Gasteiger partial charge in [-0.1, -0.05) is 73.7 Å². The summed E-state index contributed by atoms with van der Waals surface area (Å²) in [7, 11) is 0. The quantitative estimate of drug-likeness (QED) is 0.570. The van der Waals surface area contributed by atoms with E-state index in [1.165, 1.54) is 6.92 Å². The lowest BCUT2D eigenvalue weighted by atomic mass is 10.1. The van der Waals surface area contributed by atoms with E-state index in [1.54, 1.807) is 0 Å². The van der Waals surface area contributed by atoms with E-state index in [4.69, 9.17) is 9.47 Å². The van der Waals surface area contributed by atoms with E-state index in [2.05, 4.69) is 10.6 Å². The predicted octanol–water partition coefficient (Wildman–Crippen LogP) is 3.45. The van der Waals surface area contributed by atoms with Gasteiger partial charge in [-0.15, -0.1) is 0 Å². The molecular formula is C24H28N2O5. The number of carbonyl (C=O) groups excluding carboxylic acids is 3. The molecule has 0 fully saturated rings. The molecule has 0 radical (unpaired) electrons. The van der Waals surface area contributed by atoms with E-state index >= 15 is 0 Å². The van der Waals surface area contributed by atoms with Crippen molar-refractivity contribution in [2.45, 2.75) is 39.0 Å². The highest BCUT2D eigenvalue weighted by Gasteiger charge is 2.18. The van der Waals surface area contributed by atoms with Crippen molar-refractivity contribution in [2.75, 3.05) is 6.54 Å². The SMILES string of the molecule is CC[C@@H](/C=C/c1ccccc1)OC(=O)CNC(=O)[C@H](C)NC(=O)OCc1ccccc1. The van der Waals surface area contributed by atoms with E-state index in [1.807, 2.05) is 79.7 Å². The summed E-state index contributed by atoms with van der Waals surface area (Å²) in [5, 5.41) is 4.88. The molecule has 31 heavy (non-hydrogen) atoms. The third-order valence-electron chi connectivity index (χ3n) is 4.34. The molecule has 2 aromatic rings. The number of benzene rings is 2. The third kappa shape index (κ3) is 9.16. The summed E-state index contributed by atoms with van der Waals surface area (Å²) in [5.74, 6) is -1.07. The van der Waals surface area contributed by atoms with Gasteiger partial charge < -0.3 is 20.1 Å². The molecule has 0 unspecified atom stereocenters. The summed E-state index contributed by atoms with van der Waals surface area (Å²) in [6.07, 6.45) is 3.18. The molecule has 0 bridgehead atoms. The Morgan fingerprint density at radius 3 is 2.29 bits per heavy atom. The van der Waals surface area contributed by atoms with Crippen LogP contribution in [0.15, 0.2) is 66.7 Å². The summed E-state index contributed by atoms with van der Waals surface area (Å²) < 4.78 is 10.4. The van der Waals surface area contributed by atoms with Crippen molar-refractivity contribution in [3.63, 3.8) is 0 Å². The normalized spacial score (nSPS) is 12.6. The highest BCUT2D eigenvalue weighted by atomic mass is 16.5. The second kappa shape index (κ2) is 12.8. The minimum atomic E-state index is -0.865. The van der Waals surface area contributed by atoms with Crippen molar-refractivity contribution in [1.29, 1.82) is 0 Å². The van der Waals surface area contributed by atoms with E-state index in [0.29, 0.717) is 6.42 Å². The van der Waals surface area contributed by atoms with Crippen LogP contribution in [0.25, 0.3) is 6.08 Å². The number of hydrogen-bond donors (Lipinski definition) is 2. The van der Waals surface area contributed by atoms with Gasteiger partial charge in [0.25, 0.3) is 0 Å². The first-order valence-electron chi connectivity index (χ1n) is 10.2. The van der Waals surface area contributed by atoms with Gasteiger partial charge in [0.1, 0.15) is 25.3 Å². The van der Waals surface area contributed by atoms with Crippen molar-refractivity contribution in [1.82, 2.24) is 10.6 Å². The summed E-state index contributed by atoms with van der Waals surface area (Å²) in [6.45, 7) is 3.21.